The quantitative estimate of drug-likeness (QED) is 0.890. The van der Waals surface area contributed by atoms with Crippen molar-refractivity contribution in [3.8, 4) is 5.75 Å². The van der Waals surface area contributed by atoms with Crippen molar-refractivity contribution in [1.29, 1.82) is 0 Å². The first-order chi connectivity index (χ1) is 10.5. The number of hydrogen-bond acceptors (Lipinski definition) is 3. The van der Waals surface area contributed by atoms with Crippen LogP contribution in [0.25, 0.3) is 0 Å². The number of carbonyl (C=O) groups excluding carboxylic acids is 1. The number of halogens is 1. The average molecular weight is 320 g/mol. The van der Waals surface area contributed by atoms with E-state index >= 15 is 0 Å². The van der Waals surface area contributed by atoms with Gasteiger partial charge >= 0.3 is 0 Å². The van der Waals surface area contributed by atoms with Crippen LogP contribution in [0, 0.1) is 6.92 Å². The smallest absolute Gasteiger partial charge is 0.251 e. The number of aliphatic hydroxyl groups is 1. The van der Waals surface area contributed by atoms with Crippen molar-refractivity contribution >= 4 is 17.5 Å². The second-order valence-corrected chi connectivity index (χ2v) is 5.39. The molecule has 22 heavy (non-hydrogen) atoms. The van der Waals surface area contributed by atoms with Crippen LogP contribution in [0.3, 0.4) is 0 Å². The van der Waals surface area contributed by atoms with Gasteiger partial charge in [0.05, 0.1) is 18.2 Å². The summed E-state index contributed by atoms with van der Waals surface area (Å²) in [6, 6.07) is 12.3. The molecule has 116 valence electrons. The summed E-state index contributed by atoms with van der Waals surface area (Å²) < 4.78 is 5.08. The third kappa shape index (κ3) is 4.00. The van der Waals surface area contributed by atoms with E-state index in [4.69, 9.17) is 16.3 Å². The van der Waals surface area contributed by atoms with Crippen LogP contribution in [0.2, 0.25) is 5.02 Å². The van der Waals surface area contributed by atoms with E-state index in [2.05, 4.69) is 5.32 Å². The SMILES string of the molecule is COc1cc(C(=O)NCC(O)c2ccc(C)cc2)ccc1Cl. The lowest BCUT2D eigenvalue weighted by molar-refractivity contribution is 0.0916. The maximum absolute atomic E-state index is 12.1. The van der Waals surface area contributed by atoms with E-state index in [9.17, 15) is 9.90 Å². The van der Waals surface area contributed by atoms with Gasteiger partial charge in [-0.15, -0.1) is 0 Å². The van der Waals surface area contributed by atoms with Gasteiger partial charge in [-0.3, -0.25) is 4.79 Å². The van der Waals surface area contributed by atoms with Crippen molar-refractivity contribution in [2.45, 2.75) is 13.0 Å². The van der Waals surface area contributed by atoms with Crippen LogP contribution in [0.5, 0.6) is 5.75 Å². The highest BCUT2D eigenvalue weighted by molar-refractivity contribution is 6.32. The van der Waals surface area contributed by atoms with Crippen LogP contribution in [-0.2, 0) is 0 Å². The Kier molecular flexibility index (Phi) is 5.41. The summed E-state index contributed by atoms with van der Waals surface area (Å²) in [4.78, 5) is 12.1. The average Bonchev–Trinajstić information content (AvgIpc) is 2.53. The van der Waals surface area contributed by atoms with E-state index in [0.717, 1.165) is 11.1 Å². The van der Waals surface area contributed by atoms with E-state index in [1.54, 1.807) is 18.2 Å². The lowest BCUT2D eigenvalue weighted by Crippen LogP contribution is -2.28. The fourth-order valence-electron chi connectivity index (χ4n) is 2.00. The maximum atomic E-state index is 12.1. The van der Waals surface area contributed by atoms with Crippen LogP contribution in [0.4, 0.5) is 0 Å². The molecular formula is C17H18ClNO3. The number of hydrogen-bond donors (Lipinski definition) is 2. The van der Waals surface area contributed by atoms with E-state index < -0.39 is 6.10 Å². The van der Waals surface area contributed by atoms with Gasteiger partial charge < -0.3 is 15.2 Å². The highest BCUT2D eigenvalue weighted by Gasteiger charge is 2.12. The Balaban J connectivity index is 1.99. The Hall–Kier alpha value is -2.04. The number of carbonyl (C=O) groups is 1. The topological polar surface area (TPSA) is 58.6 Å². The Morgan fingerprint density at radius 1 is 1.27 bits per heavy atom. The molecule has 0 aliphatic carbocycles. The van der Waals surface area contributed by atoms with Crippen LogP contribution < -0.4 is 10.1 Å². The van der Waals surface area contributed by atoms with E-state index in [0.29, 0.717) is 16.3 Å². The fourth-order valence-corrected chi connectivity index (χ4v) is 2.19. The van der Waals surface area contributed by atoms with Gasteiger partial charge in [0.2, 0.25) is 0 Å². The van der Waals surface area contributed by atoms with Crippen molar-refractivity contribution in [2.24, 2.45) is 0 Å². The highest BCUT2D eigenvalue weighted by Crippen LogP contribution is 2.25. The van der Waals surface area contributed by atoms with Gasteiger partial charge in [-0.1, -0.05) is 41.4 Å². The first kappa shape index (κ1) is 16.3. The van der Waals surface area contributed by atoms with E-state index in [1.165, 1.54) is 7.11 Å². The first-order valence-electron chi connectivity index (χ1n) is 6.87. The predicted octanol–water partition coefficient (Wildman–Crippen LogP) is 3.12. The predicted molar refractivity (Wildman–Crippen MR) is 86.5 cm³/mol. The molecule has 1 atom stereocenters. The van der Waals surface area contributed by atoms with Crippen molar-refractivity contribution in [2.75, 3.05) is 13.7 Å². The van der Waals surface area contributed by atoms with E-state index in [-0.39, 0.29) is 12.5 Å². The van der Waals surface area contributed by atoms with Gasteiger partial charge in [0, 0.05) is 12.1 Å². The Bertz CT molecular complexity index is 655. The lowest BCUT2D eigenvalue weighted by atomic mass is 10.1. The second-order valence-electron chi connectivity index (χ2n) is 4.99. The summed E-state index contributed by atoms with van der Waals surface area (Å²) >= 11 is 5.92. The van der Waals surface area contributed by atoms with Crippen LogP contribution in [0.15, 0.2) is 42.5 Å². The van der Waals surface area contributed by atoms with E-state index in [1.807, 2.05) is 31.2 Å². The summed E-state index contributed by atoms with van der Waals surface area (Å²) in [6.45, 7) is 2.11. The molecule has 0 bridgehead atoms. The Morgan fingerprint density at radius 3 is 2.59 bits per heavy atom. The molecule has 0 aliphatic heterocycles. The van der Waals surface area contributed by atoms with Gasteiger partial charge in [0.25, 0.3) is 5.91 Å². The molecule has 0 saturated heterocycles. The molecule has 4 nitrogen and oxygen atoms in total. The molecule has 1 amide bonds. The normalized spacial score (nSPS) is 11.8. The van der Waals surface area contributed by atoms with Crippen molar-refractivity contribution in [3.63, 3.8) is 0 Å². The number of aliphatic hydroxyl groups excluding tert-OH is 1. The monoisotopic (exact) mass is 319 g/mol. The summed E-state index contributed by atoms with van der Waals surface area (Å²) in [5.74, 6) is 0.148. The molecule has 2 rings (SSSR count). The zero-order valence-corrected chi connectivity index (χ0v) is 13.2. The summed E-state index contributed by atoms with van der Waals surface area (Å²) in [5.41, 5.74) is 2.31. The number of amides is 1. The fraction of sp³-hybridized carbons (Fsp3) is 0.235. The molecule has 2 N–H and O–H groups in total. The number of benzene rings is 2. The van der Waals surface area contributed by atoms with Gasteiger partial charge in [-0.05, 0) is 30.7 Å². The van der Waals surface area contributed by atoms with Crippen molar-refractivity contribution < 1.29 is 14.6 Å². The van der Waals surface area contributed by atoms with Crippen LogP contribution in [-0.4, -0.2) is 24.7 Å². The third-order valence-corrected chi connectivity index (χ3v) is 3.64. The molecule has 0 radical (unpaired) electrons. The second kappa shape index (κ2) is 7.29. The largest absolute Gasteiger partial charge is 0.495 e. The minimum absolute atomic E-state index is 0.132. The molecule has 0 heterocycles. The maximum Gasteiger partial charge on any atom is 0.251 e. The van der Waals surface area contributed by atoms with Gasteiger partial charge in [0.1, 0.15) is 5.75 Å². The molecule has 0 aromatic heterocycles. The minimum Gasteiger partial charge on any atom is -0.495 e. The molecule has 2 aromatic carbocycles. The van der Waals surface area contributed by atoms with Crippen LogP contribution >= 0.6 is 11.6 Å². The zero-order valence-electron chi connectivity index (χ0n) is 12.5. The first-order valence-corrected chi connectivity index (χ1v) is 7.25. The highest BCUT2D eigenvalue weighted by atomic mass is 35.5. The summed E-state index contributed by atoms with van der Waals surface area (Å²) in [5, 5.41) is 13.2. The van der Waals surface area contributed by atoms with Gasteiger partial charge in [-0.25, -0.2) is 0 Å². The Labute approximate surface area is 134 Å². The molecule has 5 heteroatoms. The molecule has 0 fully saturated rings. The molecule has 0 saturated carbocycles. The number of rotatable bonds is 5. The molecular weight excluding hydrogens is 302 g/mol. The van der Waals surface area contributed by atoms with Gasteiger partial charge in [-0.2, -0.15) is 0 Å². The molecule has 2 aromatic rings. The van der Waals surface area contributed by atoms with Crippen LogP contribution in [0.1, 0.15) is 27.6 Å². The van der Waals surface area contributed by atoms with Gasteiger partial charge in [0.15, 0.2) is 0 Å². The summed E-state index contributed by atoms with van der Waals surface area (Å²) in [6.07, 6.45) is -0.751. The number of aryl methyl sites for hydroxylation is 1. The molecule has 0 aliphatic rings. The number of ether oxygens (including phenoxy) is 1. The Morgan fingerprint density at radius 2 is 1.95 bits per heavy atom. The summed E-state index contributed by atoms with van der Waals surface area (Å²) in [7, 11) is 1.49. The third-order valence-electron chi connectivity index (χ3n) is 3.33. The number of nitrogens with one attached hydrogen (secondary N) is 1. The van der Waals surface area contributed by atoms with Crippen molar-refractivity contribution in [3.05, 3.63) is 64.2 Å². The number of methoxy groups -OCH3 is 1. The zero-order chi connectivity index (χ0) is 16.1. The standard InChI is InChI=1S/C17H18ClNO3/c1-11-3-5-12(6-4-11)15(20)10-19-17(21)13-7-8-14(18)16(9-13)22-2/h3-9,15,20H,10H2,1-2H3,(H,19,21). The van der Waals surface area contributed by atoms with Crippen molar-refractivity contribution in [1.82, 2.24) is 5.32 Å². The molecule has 1 unspecified atom stereocenters. The molecule has 0 spiro atoms. The lowest BCUT2D eigenvalue weighted by Gasteiger charge is -2.13. The minimum atomic E-state index is -0.751.